The summed E-state index contributed by atoms with van der Waals surface area (Å²) in [5.74, 6) is 2.34. The van der Waals surface area contributed by atoms with Gasteiger partial charge in [-0.25, -0.2) is 4.79 Å². The molecule has 2 aromatic carbocycles. The van der Waals surface area contributed by atoms with Crippen LogP contribution in [-0.2, 0) is 20.8 Å². The molecule has 6 fully saturated rings. The van der Waals surface area contributed by atoms with Crippen LogP contribution >= 0.6 is 0 Å². The highest BCUT2D eigenvalue weighted by molar-refractivity contribution is 5.89. The maximum absolute atomic E-state index is 13.2. The molecule has 0 spiro atoms. The van der Waals surface area contributed by atoms with Gasteiger partial charge in [0.05, 0.1) is 32.0 Å². The Morgan fingerprint density at radius 3 is 2.29 bits per heavy atom. The van der Waals surface area contributed by atoms with Crippen LogP contribution in [0.4, 0.5) is 10.5 Å². The molecule has 2 heterocycles. The van der Waals surface area contributed by atoms with E-state index in [4.69, 9.17) is 14.2 Å². The predicted octanol–water partition coefficient (Wildman–Crippen LogP) is 5.15. The second kappa shape index (κ2) is 11.7. The molecule has 0 aromatic heterocycles. The summed E-state index contributed by atoms with van der Waals surface area (Å²) in [6.07, 6.45) is 7.49. The monoisotopic (exact) mass is 561 g/mol. The summed E-state index contributed by atoms with van der Waals surface area (Å²) in [4.78, 5) is 15.6. The number of aliphatic hydroxyl groups is 1. The summed E-state index contributed by atoms with van der Waals surface area (Å²) < 4.78 is 18.6. The number of aliphatic hydroxyl groups excluding tert-OH is 1. The molecular weight excluding hydrogens is 518 g/mol. The fourth-order valence-electron chi connectivity index (χ4n) is 8.53. The van der Waals surface area contributed by atoms with E-state index in [0.29, 0.717) is 0 Å². The van der Waals surface area contributed by atoms with E-state index in [1.165, 1.54) is 19.3 Å². The van der Waals surface area contributed by atoms with E-state index in [9.17, 15) is 9.90 Å². The van der Waals surface area contributed by atoms with Crippen molar-refractivity contribution in [2.75, 3.05) is 38.2 Å². The van der Waals surface area contributed by atoms with Crippen LogP contribution in [0.1, 0.15) is 74.0 Å². The Hall–Kier alpha value is -2.49. The lowest BCUT2D eigenvalue weighted by Crippen LogP contribution is -2.60. The van der Waals surface area contributed by atoms with Crippen LogP contribution in [-0.4, -0.2) is 60.5 Å². The third kappa shape index (κ3) is 6.18. The average Bonchev–Trinajstić information content (AvgIpc) is 2.97. The molecule has 2 aromatic rings. The molecule has 4 bridgehead atoms. The Morgan fingerprint density at radius 2 is 1.61 bits per heavy atom. The summed E-state index contributed by atoms with van der Waals surface area (Å²) in [7, 11) is 0. The van der Waals surface area contributed by atoms with Crippen LogP contribution in [0, 0.1) is 17.8 Å². The van der Waals surface area contributed by atoms with Gasteiger partial charge < -0.3 is 30.0 Å². The summed E-state index contributed by atoms with van der Waals surface area (Å²) >= 11 is 0. The molecule has 3 unspecified atom stereocenters. The first-order valence-corrected chi connectivity index (χ1v) is 15.5. The van der Waals surface area contributed by atoms with E-state index in [0.717, 1.165) is 98.7 Å². The quantitative estimate of drug-likeness (QED) is 0.433. The van der Waals surface area contributed by atoms with Gasteiger partial charge in [0.2, 0.25) is 0 Å². The number of urea groups is 1. The minimum absolute atomic E-state index is 0.00892. The first-order chi connectivity index (χ1) is 20.0. The molecule has 41 heavy (non-hydrogen) atoms. The Morgan fingerprint density at radius 1 is 0.902 bits per heavy atom. The molecule has 3 N–H and O–H groups in total. The number of morpholine rings is 1. The van der Waals surface area contributed by atoms with Crippen molar-refractivity contribution < 1.29 is 24.1 Å². The number of nitrogens with zero attached hydrogens (tertiary/aromatic N) is 1. The SMILES string of the molecule is O=C(Nc1cccc(C2OC(CN3CCOCC3)CC(c3ccc(CO)cc3)O2)c1)NC12CC3CC(CC(C3)C1)C2. The number of rotatable bonds is 7. The van der Waals surface area contributed by atoms with Gasteiger partial charge in [0.25, 0.3) is 0 Å². The fraction of sp³-hybridized carbons (Fsp3) is 0.606. The number of benzene rings is 2. The third-order valence-electron chi connectivity index (χ3n) is 10.0. The lowest BCUT2D eigenvalue weighted by atomic mass is 9.53. The van der Waals surface area contributed by atoms with Crippen LogP contribution < -0.4 is 10.6 Å². The van der Waals surface area contributed by atoms with Crippen molar-refractivity contribution in [1.29, 1.82) is 0 Å². The van der Waals surface area contributed by atoms with Gasteiger partial charge in [-0.1, -0.05) is 36.4 Å². The molecule has 2 saturated heterocycles. The van der Waals surface area contributed by atoms with Crippen molar-refractivity contribution in [3.05, 3.63) is 65.2 Å². The molecule has 8 heteroatoms. The van der Waals surface area contributed by atoms with Crippen molar-refractivity contribution in [3.8, 4) is 0 Å². The van der Waals surface area contributed by atoms with Gasteiger partial charge in [-0.15, -0.1) is 0 Å². The van der Waals surface area contributed by atoms with Crippen LogP contribution in [0.2, 0.25) is 0 Å². The summed E-state index contributed by atoms with van der Waals surface area (Å²) in [6, 6.07) is 15.7. The van der Waals surface area contributed by atoms with Gasteiger partial charge in [0.15, 0.2) is 6.29 Å². The Bertz CT molecular complexity index is 1180. The largest absolute Gasteiger partial charge is 0.392 e. The Kier molecular flexibility index (Phi) is 7.77. The molecule has 2 amide bonds. The van der Waals surface area contributed by atoms with Gasteiger partial charge in [0.1, 0.15) is 0 Å². The first kappa shape index (κ1) is 27.3. The van der Waals surface area contributed by atoms with E-state index in [1.54, 1.807) is 0 Å². The second-order valence-electron chi connectivity index (χ2n) is 13.2. The predicted molar refractivity (Wildman–Crippen MR) is 155 cm³/mol. The highest BCUT2D eigenvalue weighted by Gasteiger charge is 2.51. The smallest absolute Gasteiger partial charge is 0.319 e. The number of amides is 2. The standard InChI is InChI=1S/C33H43N3O5/c37-21-22-4-6-26(7-5-22)30-16-29(20-36-8-10-39-11-9-36)40-31(41-30)27-2-1-3-28(15-27)34-32(38)35-33-17-23-12-24(18-33)14-25(13-23)19-33/h1-7,15,23-25,29-31,37H,8-14,16-21H2,(H2,34,35,38). The molecule has 4 saturated carbocycles. The van der Waals surface area contributed by atoms with Crippen LogP contribution in [0.15, 0.2) is 48.5 Å². The van der Waals surface area contributed by atoms with Crippen molar-refractivity contribution >= 4 is 11.7 Å². The number of anilines is 1. The van der Waals surface area contributed by atoms with Crippen molar-refractivity contribution in [3.63, 3.8) is 0 Å². The maximum atomic E-state index is 13.2. The van der Waals surface area contributed by atoms with Crippen LogP contribution in [0.25, 0.3) is 0 Å². The average molecular weight is 562 g/mol. The molecule has 220 valence electrons. The number of carbonyl (C=O) groups excluding carboxylic acids is 1. The summed E-state index contributed by atoms with van der Waals surface area (Å²) in [6.45, 7) is 4.14. The minimum atomic E-state index is -0.551. The number of carbonyl (C=O) groups is 1. The zero-order valence-electron chi connectivity index (χ0n) is 23.8. The highest BCUT2D eigenvalue weighted by Crippen LogP contribution is 2.55. The van der Waals surface area contributed by atoms with Gasteiger partial charge in [-0.3, -0.25) is 4.90 Å². The van der Waals surface area contributed by atoms with E-state index in [-0.39, 0.29) is 30.4 Å². The first-order valence-electron chi connectivity index (χ1n) is 15.5. The van der Waals surface area contributed by atoms with Gasteiger partial charge >= 0.3 is 6.03 Å². The molecular formula is C33H43N3O5. The molecule has 8 nitrogen and oxygen atoms in total. The summed E-state index contributed by atoms with van der Waals surface area (Å²) in [5.41, 5.74) is 3.56. The highest BCUT2D eigenvalue weighted by atomic mass is 16.7. The lowest BCUT2D eigenvalue weighted by molar-refractivity contribution is -0.253. The molecule has 4 aliphatic carbocycles. The third-order valence-corrected chi connectivity index (χ3v) is 10.0. The van der Waals surface area contributed by atoms with Crippen molar-refractivity contribution in [2.45, 2.75) is 75.6 Å². The normalized spacial score (nSPS) is 34.9. The Balaban J connectivity index is 1.05. The van der Waals surface area contributed by atoms with E-state index >= 15 is 0 Å². The minimum Gasteiger partial charge on any atom is -0.392 e. The van der Waals surface area contributed by atoms with E-state index in [2.05, 4.69) is 15.5 Å². The van der Waals surface area contributed by atoms with Crippen LogP contribution in [0.5, 0.6) is 0 Å². The molecule has 6 aliphatic rings. The van der Waals surface area contributed by atoms with E-state index < -0.39 is 6.29 Å². The zero-order valence-corrected chi connectivity index (χ0v) is 23.8. The van der Waals surface area contributed by atoms with Gasteiger partial charge in [0, 0.05) is 42.8 Å². The topological polar surface area (TPSA) is 92.3 Å². The maximum Gasteiger partial charge on any atom is 0.319 e. The van der Waals surface area contributed by atoms with Gasteiger partial charge in [-0.2, -0.15) is 0 Å². The molecule has 2 aliphatic heterocycles. The number of hydrogen-bond donors (Lipinski definition) is 3. The number of nitrogens with one attached hydrogen (secondary N) is 2. The number of ether oxygens (including phenoxy) is 3. The lowest BCUT2D eigenvalue weighted by Gasteiger charge is -2.56. The van der Waals surface area contributed by atoms with Crippen molar-refractivity contribution in [2.24, 2.45) is 17.8 Å². The van der Waals surface area contributed by atoms with Crippen LogP contribution in [0.3, 0.4) is 0 Å². The van der Waals surface area contributed by atoms with Crippen molar-refractivity contribution in [1.82, 2.24) is 10.2 Å². The summed E-state index contributed by atoms with van der Waals surface area (Å²) in [5, 5.41) is 16.0. The Labute approximate surface area is 242 Å². The molecule has 8 rings (SSSR count). The fourth-order valence-corrected chi connectivity index (χ4v) is 8.53. The molecule has 0 radical (unpaired) electrons. The number of hydrogen-bond acceptors (Lipinski definition) is 6. The second-order valence-corrected chi connectivity index (χ2v) is 13.2. The molecule has 3 atom stereocenters. The van der Waals surface area contributed by atoms with Gasteiger partial charge in [-0.05, 0) is 79.5 Å². The van der Waals surface area contributed by atoms with E-state index in [1.807, 2.05) is 48.5 Å². The zero-order chi connectivity index (χ0) is 27.8.